The Hall–Kier alpha value is -1.87. The Kier molecular flexibility index (Phi) is 3.70. The summed E-state index contributed by atoms with van der Waals surface area (Å²) < 4.78 is 18.9. The second-order valence-electron chi connectivity index (χ2n) is 5.19. The van der Waals surface area contributed by atoms with Gasteiger partial charge in [0.25, 0.3) is 0 Å². The highest BCUT2D eigenvalue weighted by Crippen LogP contribution is 2.31. The zero-order valence-electron chi connectivity index (χ0n) is 11.5. The third kappa shape index (κ3) is 2.68. The molecule has 0 fully saturated rings. The predicted molar refractivity (Wildman–Crippen MR) is 77.3 cm³/mol. The average Bonchev–Trinajstić information content (AvgIpc) is 2.48. The van der Waals surface area contributed by atoms with Crippen molar-refractivity contribution in [3.63, 3.8) is 0 Å². The topological polar surface area (TPSA) is 21.3 Å². The number of nitrogens with one attached hydrogen (secondary N) is 1. The van der Waals surface area contributed by atoms with E-state index < -0.39 is 0 Å². The van der Waals surface area contributed by atoms with Crippen LogP contribution in [-0.4, -0.2) is 6.61 Å². The van der Waals surface area contributed by atoms with Crippen LogP contribution in [0.3, 0.4) is 0 Å². The van der Waals surface area contributed by atoms with Crippen molar-refractivity contribution in [1.29, 1.82) is 0 Å². The molecule has 20 heavy (non-hydrogen) atoms. The van der Waals surface area contributed by atoms with Gasteiger partial charge in [0.2, 0.25) is 0 Å². The zero-order chi connectivity index (χ0) is 13.9. The third-order valence-electron chi connectivity index (χ3n) is 3.73. The lowest BCUT2D eigenvalue weighted by Gasteiger charge is -2.26. The van der Waals surface area contributed by atoms with Gasteiger partial charge >= 0.3 is 0 Å². The van der Waals surface area contributed by atoms with Crippen LogP contribution in [0.5, 0.6) is 5.75 Å². The molecule has 0 saturated heterocycles. The van der Waals surface area contributed by atoms with E-state index in [1.807, 2.05) is 30.3 Å². The Labute approximate surface area is 118 Å². The molecule has 2 nitrogen and oxygen atoms in total. The number of halogens is 1. The van der Waals surface area contributed by atoms with Gasteiger partial charge in [0.05, 0.1) is 6.61 Å². The fraction of sp³-hybridized carbons (Fsp3) is 0.294. The van der Waals surface area contributed by atoms with Gasteiger partial charge in [-0.05, 0) is 30.2 Å². The smallest absolute Gasteiger partial charge is 0.126 e. The first-order chi connectivity index (χ1) is 9.74. The molecular weight excluding hydrogens is 253 g/mol. The first-order valence-corrected chi connectivity index (χ1v) is 6.94. The number of fused-ring (bicyclic) bond motifs is 1. The number of hydrogen-bond donors (Lipinski definition) is 1. The Morgan fingerprint density at radius 1 is 1.25 bits per heavy atom. The van der Waals surface area contributed by atoms with Crippen LogP contribution in [-0.2, 0) is 6.54 Å². The van der Waals surface area contributed by atoms with Crippen LogP contribution in [0.1, 0.15) is 29.2 Å². The minimum absolute atomic E-state index is 0.148. The molecule has 0 spiro atoms. The Bertz CT molecular complexity index is 612. The van der Waals surface area contributed by atoms with E-state index in [4.69, 9.17) is 4.74 Å². The van der Waals surface area contributed by atoms with E-state index in [1.165, 1.54) is 11.6 Å². The van der Waals surface area contributed by atoms with E-state index in [1.54, 1.807) is 6.92 Å². The van der Waals surface area contributed by atoms with Crippen LogP contribution in [0, 0.1) is 12.7 Å². The van der Waals surface area contributed by atoms with Crippen LogP contribution >= 0.6 is 0 Å². The summed E-state index contributed by atoms with van der Waals surface area (Å²) in [7, 11) is 0. The molecule has 0 saturated carbocycles. The van der Waals surface area contributed by atoms with Crippen molar-refractivity contribution >= 4 is 0 Å². The lowest BCUT2D eigenvalue weighted by molar-refractivity contribution is 0.252. The number of benzene rings is 2. The number of aryl methyl sites for hydroxylation is 1. The fourth-order valence-electron chi connectivity index (χ4n) is 2.61. The molecule has 1 N–H and O–H groups in total. The van der Waals surface area contributed by atoms with E-state index in [0.717, 1.165) is 30.9 Å². The Morgan fingerprint density at radius 3 is 2.95 bits per heavy atom. The van der Waals surface area contributed by atoms with E-state index in [9.17, 15) is 4.39 Å². The standard InChI is InChI=1S/C17H18FNO/c1-12-10-13(6-7-15(12)18)11-19-16-8-9-20-17-5-3-2-4-14(16)17/h2-7,10,16,19H,8-9,11H2,1H3. The van der Waals surface area contributed by atoms with Crippen LogP contribution in [0.2, 0.25) is 0 Å². The molecule has 1 aliphatic rings. The molecule has 2 aromatic rings. The van der Waals surface area contributed by atoms with Gasteiger partial charge in [-0.15, -0.1) is 0 Å². The first-order valence-electron chi connectivity index (χ1n) is 6.94. The monoisotopic (exact) mass is 271 g/mol. The first kappa shape index (κ1) is 13.1. The summed E-state index contributed by atoms with van der Waals surface area (Å²) in [6.45, 7) is 3.26. The molecule has 1 atom stereocenters. The molecule has 3 rings (SSSR count). The van der Waals surface area contributed by atoms with Crippen molar-refractivity contribution in [3.8, 4) is 5.75 Å². The highest BCUT2D eigenvalue weighted by atomic mass is 19.1. The van der Waals surface area contributed by atoms with Crippen LogP contribution < -0.4 is 10.1 Å². The zero-order valence-corrected chi connectivity index (χ0v) is 11.5. The molecule has 1 heterocycles. The van der Waals surface area contributed by atoms with Gasteiger partial charge in [-0.1, -0.05) is 30.3 Å². The maximum Gasteiger partial charge on any atom is 0.126 e. The van der Waals surface area contributed by atoms with Gasteiger partial charge in [-0.2, -0.15) is 0 Å². The second-order valence-corrected chi connectivity index (χ2v) is 5.19. The lowest BCUT2D eigenvalue weighted by atomic mass is 10.00. The normalized spacial score (nSPS) is 17.4. The highest BCUT2D eigenvalue weighted by molar-refractivity contribution is 5.37. The third-order valence-corrected chi connectivity index (χ3v) is 3.73. The molecule has 0 bridgehead atoms. The fourth-order valence-corrected chi connectivity index (χ4v) is 2.61. The van der Waals surface area contributed by atoms with Gasteiger partial charge in [0.1, 0.15) is 11.6 Å². The second kappa shape index (κ2) is 5.63. The molecule has 1 aliphatic heterocycles. The van der Waals surface area contributed by atoms with Crippen LogP contribution in [0.4, 0.5) is 4.39 Å². The largest absolute Gasteiger partial charge is 0.493 e. The molecule has 104 valence electrons. The van der Waals surface area contributed by atoms with Crippen molar-refractivity contribution in [3.05, 3.63) is 65.0 Å². The van der Waals surface area contributed by atoms with Gasteiger partial charge in [-0.3, -0.25) is 0 Å². The van der Waals surface area contributed by atoms with Crippen LogP contribution in [0.15, 0.2) is 42.5 Å². The molecular formula is C17H18FNO. The average molecular weight is 271 g/mol. The van der Waals surface area contributed by atoms with Crippen molar-refractivity contribution in [1.82, 2.24) is 5.32 Å². The van der Waals surface area contributed by atoms with Gasteiger partial charge < -0.3 is 10.1 Å². The molecule has 1 unspecified atom stereocenters. The highest BCUT2D eigenvalue weighted by Gasteiger charge is 2.20. The van der Waals surface area contributed by atoms with Crippen molar-refractivity contribution < 1.29 is 9.13 Å². The van der Waals surface area contributed by atoms with Gasteiger partial charge in [-0.25, -0.2) is 4.39 Å². The van der Waals surface area contributed by atoms with E-state index in [2.05, 4.69) is 11.4 Å². The van der Waals surface area contributed by atoms with Gasteiger partial charge in [0.15, 0.2) is 0 Å². The molecule has 0 aliphatic carbocycles. The van der Waals surface area contributed by atoms with Crippen molar-refractivity contribution in [2.24, 2.45) is 0 Å². The number of hydrogen-bond acceptors (Lipinski definition) is 2. The summed E-state index contributed by atoms with van der Waals surface area (Å²) in [5.41, 5.74) is 3.00. The summed E-state index contributed by atoms with van der Waals surface area (Å²) in [6.07, 6.45) is 0.956. The quantitative estimate of drug-likeness (QED) is 0.918. The predicted octanol–water partition coefficient (Wildman–Crippen LogP) is 3.75. The van der Waals surface area contributed by atoms with Gasteiger partial charge in [0, 0.05) is 24.6 Å². The van der Waals surface area contributed by atoms with E-state index in [-0.39, 0.29) is 5.82 Å². The minimum atomic E-state index is -0.148. The molecule has 0 aromatic heterocycles. The SMILES string of the molecule is Cc1cc(CNC2CCOc3ccccc32)ccc1F. The summed E-state index contributed by atoms with van der Waals surface area (Å²) in [4.78, 5) is 0. The van der Waals surface area contributed by atoms with Crippen molar-refractivity contribution in [2.45, 2.75) is 25.9 Å². The lowest BCUT2D eigenvalue weighted by Crippen LogP contribution is -2.26. The molecule has 0 radical (unpaired) electrons. The Balaban J connectivity index is 1.71. The van der Waals surface area contributed by atoms with Crippen LogP contribution in [0.25, 0.3) is 0 Å². The minimum Gasteiger partial charge on any atom is -0.493 e. The maximum absolute atomic E-state index is 13.3. The number of ether oxygens (including phenoxy) is 1. The summed E-state index contributed by atoms with van der Waals surface area (Å²) in [5, 5.41) is 3.54. The number of para-hydroxylation sites is 1. The molecule has 3 heteroatoms. The Morgan fingerprint density at radius 2 is 2.10 bits per heavy atom. The molecule has 0 amide bonds. The van der Waals surface area contributed by atoms with E-state index in [0.29, 0.717) is 11.6 Å². The summed E-state index contributed by atoms with van der Waals surface area (Å²) >= 11 is 0. The maximum atomic E-state index is 13.3. The van der Waals surface area contributed by atoms with E-state index >= 15 is 0 Å². The van der Waals surface area contributed by atoms with Crippen molar-refractivity contribution in [2.75, 3.05) is 6.61 Å². The number of rotatable bonds is 3. The summed E-state index contributed by atoms with van der Waals surface area (Å²) in [6, 6.07) is 13.7. The summed E-state index contributed by atoms with van der Waals surface area (Å²) in [5.74, 6) is 0.816. The molecule has 2 aromatic carbocycles.